The van der Waals surface area contributed by atoms with Gasteiger partial charge in [-0.25, -0.2) is 0 Å². The van der Waals surface area contributed by atoms with Gasteiger partial charge in [-0.1, -0.05) is 83.5 Å². The van der Waals surface area contributed by atoms with Gasteiger partial charge < -0.3 is 4.74 Å². The molecule has 1 nitrogen and oxygen atoms in total. The molecule has 0 aliphatic heterocycles. The average Bonchev–Trinajstić information content (AvgIpc) is 2.68. The lowest BCUT2D eigenvalue weighted by Gasteiger charge is -2.28. The molecule has 1 saturated carbocycles. The summed E-state index contributed by atoms with van der Waals surface area (Å²) in [4.78, 5) is 0. The van der Waals surface area contributed by atoms with Crippen LogP contribution < -0.4 is 4.74 Å². The first-order valence-electron chi connectivity index (χ1n) is 11.0. The topological polar surface area (TPSA) is 9.23 Å². The Morgan fingerprint density at radius 3 is 2.15 bits per heavy atom. The molecule has 1 aliphatic rings. The highest BCUT2D eigenvalue weighted by Crippen LogP contribution is 2.34. The lowest BCUT2D eigenvalue weighted by molar-refractivity contribution is 0.250. The van der Waals surface area contributed by atoms with Crippen molar-refractivity contribution in [2.45, 2.75) is 90.9 Å². The molecule has 0 unspecified atom stereocenters. The van der Waals surface area contributed by atoms with Gasteiger partial charge in [0, 0.05) is 12.0 Å². The van der Waals surface area contributed by atoms with Gasteiger partial charge in [0.25, 0.3) is 0 Å². The molecule has 0 radical (unpaired) electrons. The van der Waals surface area contributed by atoms with E-state index in [0.29, 0.717) is 0 Å². The maximum atomic E-state index is 5.70. The summed E-state index contributed by atoms with van der Waals surface area (Å²) in [6.45, 7) is 5.29. The van der Waals surface area contributed by atoms with Crippen molar-refractivity contribution in [1.29, 1.82) is 0 Å². The summed E-state index contributed by atoms with van der Waals surface area (Å²) in [7, 11) is 0. The molecule has 2 rings (SSSR count). The second-order valence-corrected chi connectivity index (χ2v) is 7.95. The summed E-state index contributed by atoms with van der Waals surface area (Å²) in [5.74, 6) is 9.59. The van der Waals surface area contributed by atoms with Crippen molar-refractivity contribution < 1.29 is 4.74 Å². The van der Waals surface area contributed by atoms with Gasteiger partial charge in [0.2, 0.25) is 0 Å². The Hall–Kier alpha value is -1.42. The fourth-order valence-electron chi connectivity index (χ4n) is 3.90. The van der Waals surface area contributed by atoms with E-state index >= 15 is 0 Å². The van der Waals surface area contributed by atoms with Crippen LogP contribution in [0.4, 0.5) is 0 Å². The van der Waals surface area contributed by atoms with Crippen LogP contribution in [0.2, 0.25) is 0 Å². The normalized spacial score (nSPS) is 19.6. The molecule has 144 valence electrons. The number of hydrogen-bond acceptors (Lipinski definition) is 1. The van der Waals surface area contributed by atoms with Crippen LogP contribution in [0.3, 0.4) is 0 Å². The number of hydrogen-bond donors (Lipinski definition) is 0. The van der Waals surface area contributed by atoms with Crippen LogP contribution in [0.1, 0.15) is 96.5 Å². The SMILES string of the molecule is CCCCCC1CCC(CCC#Cc2ccc(OCCCC)cc2)CC1. The molecular formula is C25H38O. The number of unbranched alkanes of at least 4 members (excludes halogenated alkanes) is 3. The van der Waals surface area contributed by atoms with Crippen LogP contribution in [0, 0.1) is 23.7 Å². The van der Waals surface area contributed by atoms with Crippen molar-refractivity contribution >= 4 is 0 Å². The van der Waals surface area contributed by atoms with Gasteiger partial charge in [0.15, 0.2) is 0 Å². The summed E-state index contributed by atoms with van der Waals surface area (Å²) in [5.41, 5.74) is 1.10. The highest BCUT2D eigenvalue weighted by atomic mass is 16.5. The highest BCUT2D eigenvalue weighted by molar-refractivity contribution is 5.38. The third-order valence-electron chi connectivity index (χ3n) is 5.71. The minimum atomic E-state index is 0.808. The van der Waals surface area contributed by atoms with E-state index < -0.39 is 0 Å². The first-order chi connectivity index (χ1) is 12.8. The molecule has 1 aliphatic carbocycles. The molecule has 1 heteroatoms. The quantitative estimate of drug-likeness (QED) is 0.314. The Balaban J connectivity index is 1.61. The van der Waals surface area contributed by atoms with Crippen LogP contribution >= 0.6 is 0 Å². The zero-order valence-electron chi connectivity index (χ0n) is 17.1. The molecule has 0 heterocycles. The Labute approximate surface area is 161 Å². The molecule has 26 heavy (non-hydrogen) atoms. The molecule has 0 spiro atoms. The maximum Gasteiger partial charge on any atom is 0.119 e. The van der Waals surface area contributed by atoms with E-state index in [9.17, 15) is 0 Å². The largest absolute Gasteiger partial charge is 0.494 e. The summed E-state index contributed by atoms with van der Waals surface area (Å²) >= 11 is 0. The van der Waals surface area contributed by atoms with Gasteiger partial charge in [-0.15, -0.1) is 0 Å². The summed E-state index contributed by atoms with van der Waals surface area (Å²) in [5, 5.41) is 0. The monoisotopic (exact) mass is 354 g/mol. The molecule has 0 aromatic heterocycles. The van der Waals surface area contributed by atoms with Crippen molar-refractivity contribution in [2.75, 3.05) is 6.61 Å². The van der Waals surface area contributed by atoms with Gasteiger partial charge in [-0.2, -0.15) is 0 Å². The number of benzene rings is 1. The van der Waals surface area contributed by atoms with Crippen LogP contribution in [0.15, 0.2) is 24.3 Å². The molecular weight excluding hydrogens is 316 g/mol. The lowest BCUT2D eigenvalue weighted by atomic mass is 9.78. The Bertz CT molecular complexity index is 526. The summed E-state index contributed by atoms with van der Waals surface area (Å²) < 4.78 is 5.70. The van der Waals surface area contributed by atoms with Crippen molar-refractivity contribution in [3.63, 3.8) is 0 Å². The average molecular weight is 355 g/mol. The molecule has 1 aromatic carbocycles. The molecule has 1 aromatic rings. The minimum absolute atomic E-state index is 0.808. The van der Waals surface area contributed by atoms with Crippen molar-refractivity contribution in [2.24, 2.45) is 11.8 Å². The van der Waals surface area contributed by atoms with E-state index in [1.807, 2.05) is 12.1 Å². The first-order valence-corrected chi connectivity index (χ1v) is 11.0. The van der Waals surface area contributed by atoms with E-state index in [1.54, 1.807) is 0 Å². The number of ether oxygens (including phenoxy) is 1. The lowest BCUT2D eigenvalue weighted by Crippen LogP contribution is -2.14. The van der Waals surface area contributed by atoms with E-state index in [-0.39, 0.29) is 0 Å². The Morgan fingerprint density at radius 1 is 0.846 bits per heavy atom. The van der Waals surface area contributed by atoms with Crippen molar-refractivity contribution in [3.8, 4) is 17.6 Å². The van der Waals surface area contributed by atoms with Gasteiger partial charge >= 0.3 is 0 Å². The second kappa shape index (κ2) is 12.9. The minimum Gasteiger partial charge on any atom is -0.494 e. The smallest absolute Gasteiger partial charge is 0.119 e. The molecule has 0 saturated heterocycles. The van der Waals surface area contributed by atoms with Gasteiger partial charge in [0.1, 0.15) is 5.75 Å². The second-order valence-electron chi connectivity index (χ2n) is 7.95. The predicted molar refractivity (Wildman–Crippen MR) is 113 cm³/mol. The Kier molecular flexibility index (Phi) is 10.3. The van der Waals surface area contributed by atoms with E-state index in [1.165, 1.54) is 64.2 Å². The van der Waals surface area contributed by atoms with E-state index in [0.717, 1.165) is 42.6 Å². The molecule has 0 amide bonds. The summed E-state index contributed by atoms with van der Waals surface area (Å²) in [6.07, 6.45) is 16.1. The van der Waals surface area contributed by atoms with Crippen LogP contribution in [0.25, 0.3) is 0 Å². The predicted octanol–water partition coefficient (Wildman–Crippen LogP) is 7.38. The third kappa shape index (κ3) is 8.31. The zero-order valence-corrected chi connectivity index (χ0v) is 17.1. The molecule has 0 atom stereocenters. The molecule has 0 N–H and O–H groups in total. The van der Waals surface area contributed by atoms with Crippen LogP contribution in [-0.2, 0) is 0 Å². The fraction of sp³-hybridized carbons (Fsp3) is 0.680. The van der Waals surface area contributed by atoms with Gasteiger partial charge in [0.05, 0.1) is 6.61 Å². The standard InChI is InChI=1S/C25H38O/c1-3-5-7-10-22-13-15-23(16-14-22)11-8-9-12-24-17-19-25(20-18-24)26-21-6-4-2/h17-20,22-23H,3-8,10-11,13-16,21H2,1-2H3. The van der Waals surface area contributed by atoms with Gasteiger partial charge in [-0.05, 0) is 48.9 Å². The summed E-state index contributed by atoms with van der Waals surface area (Å²) in [6, 6.07) is 8.24. The van der Waals surface area contributed by atoms with Gasteiger partial charge in [-0.3, -0.25) is 0 Å². The third-order valence-corrected chi connectivity index (χ3v) is 5.71. The van der Waals surface area contributed by atoms with Crippen LogP contribution in [0.5, 0.6) is 5.75 Å². The first kappa shape index (κ1) is 20.9. The zero-order chi connectivity index (χ0) is 18.5. The molecule has 1 fully saturated rings. The molecule has 0 bridgehead atoms. The van der Waals surface area contributed by atoms with E-state index in [2.05, 4.69) is 37.8 Å². The maximum absolute atomic E-state index is 5.70. The Morgan fingerprint density at radius 2 is 1.50 bits per heavy atom. The highest BCUT2D eigenvalue weighted by Gasteiger charge is 2.20. The van der Waals surface area contributed by atoms with E-state index in [4.69, 9.17) is 4.74 Å². The van der Waals surface area contributed by atoms with Crippen molar-refractivity contribution in [1.82, 2.24) is 0 Å². The van der Waals surface area contributed by atoms with Crippen LogP contribution in [-0.4, -0.2) is 6.61 Å². The fourth-order valence-corrected chi connectivity index (χ4v) is 3.90. The van der Waals surface area contributed by atoms with Crippen molar-refractivity contribution in [3.05, 3.63) is 29.8 Å². The number of rotatable bonds is 10.